The molecule has 2 atom stereocenters. The van der Waals surface area contributed by atoms with Gasteiger partial charge in [0.1, 0.15) is 11.6 Å². The van der Waals surface area contributed by atoms with E-state index in [0.717, 1.165) is 31.2 Å². The molecule has 1 aromatic rings. The van der Waals surface area contributed by atoms with Crippen LogP contribution >= 0.6 is 0 Å². The fraction of sp³-hybridized carbons (Fsp3) is 0.545. The van der Waals surface area contributed by atoms with E-state index in [2.05, 4.69) is 16.0 Å². The Morgan fingerprint density at radius 1 is 1.17 bits per heavy atom. The fourth-order valence-electron chi connectivity index (χ4n) is 4.10. The first kappa shape index (κ1) is 21.8. The number of benzene rings is 1. The number of carbonyl (C=O) groups is 4. The Labute approximate surface area is 176 Å². The number of carbonyl (C=O) groups excluding carboxylic acids is 4. The Morgan fingerprint density at radius 3 is 2.33 bits per heavy atom. The molecule has 0 unspecified atom stereocenters. The summed E-state index contributed by atoms with van der Waals surface area (Å²) in [5, 5.41) is 7.72. The number of aryl methyl sites for hydroxylation is 1. The number of anilines is 1. The molecule has 1 aromatic carbocycles. The summed E-state index contributed by atoms with van der Waals surface area (Å²) in [6.07, 6.45) is 4.23. The van der Waals surface area contributed by atoms with E-state index >= 15 is 0 Å². The van der Waals surface area contributed by atoms with Crippen LogP contribution in [0.15, 0.2) is 24.3 Å². The molecule has 1 saturated carbocycles. The smallest absolute Gasteiger partial charge is 0.322 e. The third kappa shape index (κ3) is 4.47. The van der Waals surface area contributed by atoms with Crippen molar-refractivity contribution in [2.24, 2.45) is 0 Å². The van der Waals surface area contributed by atoms with Crippen molar-refractivity contribution in [2.45, 2.75) is 76.9 Å². The first-order valence-electron chi connectivity index (χ1n) is 10.6. The Morgan fingerprint density at radius 2 is 1.80 bits per heavy atom. The third-order valence-corrected chi connectivity index (χ3v) is 6.14. The molecule has 2 aliphatic rings. The van der Waals surface area contributed by atoms with Crippen molar-refractivity contribution in [3.8, 4) is 0 Å². The van der Waals surface area contributed by atoms with Gasteiger partial charge in [-0.15, -0.1) is 0 Å². The second-order valence-corrected chi connectivity index (χ2v) is 8.37. The maximum absolute atomic E-state index is 13.4. The van der Waals surface area contributed by atoms with Crippen LogP contribution in [0.4, 0.5) is 10.5 Å². The number of amides is 5. The van der Waals surface area contributed by atoms with Crippen molar-refractivity contribution in [3.05, 3.63) is 29.8 Å². The molecule has 0 radical (unpaired) electrons. The molecule has 5 amide bonds. The minimum atomic E-state index is -1.13. The van der Waals surface area contributed by atoms with Crippen LogP contribution in [0, 0.1) is 6.92 Å². The van der Waals surface area contributed by atoms with Crippen LogP contribution in [0.5, 0.6) is 0 Å². The average Bonchev–Trinajstić information content (AvgIpc) is 3.32. The summed E-state index contributed by atoms with van der Waals surface area (Å²) in [7, 11) is 0. The molecule has 1 saturated heterocycles. The van der Waals surface area contributed by atoms with Crippen LogP contribution in [0.2, 0.25) is 0 Å². The zero-order valence-electron chi connectivity index (χ0n) is 17.8. The van der Waals surface area contributed by atoms with E-state index in [1.54, 1.807) is 19.1 Å². The highest BCUT2D eigenvalue weighted by Crippen LogP contribution is 2.30. The molecule has 3 rings (SSSR count). The molecule has 162 valence electrons. The SMILES string of the molecule is CC[C@@](C)(C(=O)NC1CCCC1)N(C(=O)C[C@@H]1NC(=O)NC1=O)c1ccc(C)cc1. The number of hydrogen-bond donors (Lipinski definition) is 3. The highest BCUT2D eigenvalue weighted by molar-refractivity contribution is 6.09. The Balaban J connectivity index is 1.91. The normalized spacial score (nSPS) is 21.0. The molecule has 1 aliphatic carbocycles. The zero-order chi connectivity index (χ0) is 21.9. The van der Waals surface area contributed by atoms with Gasteiger partial charge in [-0.05, 0) is 45.2 Å². The van der Waals surface area contributed by atoms with Crippen LogP contribution < -0.4 is 20.9 Å². The molecule has 8 nitrogen and oxygen atoms in total. The van der Waals surface area contributed by atoms with E-state index in [9.17, 15) is 19.2 Å². The molecule has 3 N–H and O–H groups in total. The van der Waals surface area contributed by atoms with Crippen LogP contribution in [-0.2, 0) is 14.4 Å². The minimum Gasteiger partial charge on any atom is -0.351 e. The molecule has 2 fully saturated rings. The van der Waals surface area contributed by atoms with E-state index in [1.807, 2.05) is 26.0 Å². The van der Waals surface area contributed by atoms with E-state index in [-0.39, 0.29) is 18.4 Å². The number of rotatable bonds is 7. The third-order valence-electron chi connectivity index (χ3n) is 6.14. The van der Waals surface area contributed by atoms with Crippen LogP contribution in [0.25, 0.3) is 0 Å². The first-order valence-corrected chi connectivity index (χ1v) is 10.6. The lowest BCUT2D eigenvalue weighted by Gasteiger charge is -2.40. The lowest BCUT2D eigenvalue weighted by molar-refractivity contribution is -0.131. The summed E-state index contributed by atoms with van der Waals surface area (Å²) in [5.41, 5.74) is 0.483. The lowest BCUT2D eigenvalue weighted by atomic mass is 9.92. The molecular formula is C22H30N4O4. The summed E-state index contributed by atoms with van der Waals surface area (Å²) in [6.45, 7) is 5.56. The quantitative estimate of drug-likeness (QED) is 0.594. The number of urea groups is 1. The van der Waals surface area contributed by atoms with Crippen molar-refractivity contribution in [1.82, 2.24) is 16.0 Å². The molecular weight excluding hydrogens is 384 g/mol. The van der Waals surface area contributed by atoms with Crippen molar-refractivity contribution in [2.75, 3.05) is 4.90 Å². The largest absolute Gasteiger partial charge is 0.351 e. The molecule has 1 aliphatic heterocycles. The van der Waals surface area contributed by atoms with Crippen molar-refractivity contribution < 1.29 is 19.2 Å². The number of imide groups is 1. The Hall–Kier alpha value is -2.90. The van der Waals surface area contributed by atoms with E-state index in [1.165, 1.54) is 4.90 Å². The number of nitrogens with one attached hydrogen (secondary N) is 3. The second kappa shape index (κ2) is 8.85. The van der Waals surface area contributed by atoms with Gasteiger partial charge in [0.15, 0.2) is 0 Å². The molecule has 1 heterocycles. The number of nitrogens with zero attached hydrogens (tertiary/aromatic N) is 1. The van der Waals surface area contributed by atoms with Crippen molar-refractivity contribution in [1.29, 1.82) is 0 Å². The highest BCUT2D eigenvalue weighted by atomic mass is 16.2. The predicted molar refractivity (Wildman–Crippen MR) is 113 cm³/mol. The van der Waals surface area contributed by atoms with Gasteiger partial charge in [-0.1, -0.05) is 37.5 Å². The molecule has 8 heteroatoms. The topological polar surface area (TPSA) is 108 Å². The van der Waals surface area contributed by atoms with E-state index < -0.39 is 29.4 Å². The summed E-state index contributed by atoms with van der Waals surface area (Å²) >= 11 is 0. The van der Waals surface area contributed by atoms with Crippen molar-refractivity contribution in [3.63, 3.8) is 0 Å². The van der Waals surface area contributed by atoms with E-state index in [4.69, 9.17) is 0 Å². The Bertz CT molecular complexity index is 832. The molecule has 0 spiro atoms. The summed E-state index contributed by atoms with van der Waals surface area (Å²) in [6, 6.07) is 5.93. The molecule has 0 bridgehead atoms. The van der Waals surface area contributed by atoms with Gasteiger partial charge in [0, 0.05) is 11.7 Å². The van der Waals surface area contributed by atoms with Crippen molar-refractivity contribution >= 4 is 29.4 Å². The van der Waals surface area contributed by atoms with Gasteiger partial charge in [0.05, 0.1) is 6.42 Å². The average molecular weight is 415 g/mol. The standard InChI is InChI=1S/C22H30N4O4/c1-4-22(3,20(29)23-15-7-5-6-8-15)26(16-11-9-14(2)10-12-16)18(27)13-17-19(28)25-21(30)24-17/h9-12,15,17H,4-8,13H2,1-3H3,(H,23,29)(H2,24,25,28,30)/t17-,22-/m0/s1. The molecule has 30 heavy (non-hydrogen) atoms. The number of hydrogen-bond acceptors (Lipinski definition) is 4. The highest BCUT2D eigenvalue weighted by Gasteiger charge is 2.44. The fourth-order valence-corrected chi connectivity index (χ4v) is 4.10. The summed E-state index contributed by atoms with van der Waals surface area (Å²) < 4.78 is 0. The van der Waals surface area contributed by atoms with Crippen LogP contribution in [0.1, 0.15) is 57.9 Å². The molecule has 0 aromatic heterocycles. The first-order chi connectivity index (χ1) is 14.2. The summed E-state index contributed by atoms with van der Waals surface area (Å²) in [5.74, 6) is -1.14. The maximum atomic E-state index is 13.4. The van der Waals surface area contributed by atoms with Gasteiger partial charge in [-0.2, -0.15) is 0 Å². The van der Waals surface area contributed by atoms with Gasteiger partial charge in [-0.3, -0.25) is 24.6 Å². The van der Waals surface area contributed by atoms with Gasteiger partial charge >= 0.3 is 6.03 Å². The monoisotopic (exact) mass is 414 g/mol. The Kier molecular flexibility index (Phi) is 6.43. The second-order valence-electron chi connectivity index (χ2n) is 8.37. The summed E-state index contributed by atoms with van der Waals surface area (Å²) in [4.78, 5) is 51.6. The van der Waals surface area contributed by atoms with E-state index in [0.29, 0.717) is 12.1 Å². The zero-order valence-corrected chi connectivity index (χ0v) is 17.8. The van der Waals surface area contributed by atoms with Crippen LogP contribution in [0.3, 0.4) is 0 Å². The predicted octanol–water partition coefficient (Wildman–Crippen LogP) is 2.15. The van der Waals surface area contributed by atoms with Gasteiger partial charge in [-0.25, -0.2) is 4.79 Å². The van der Waals surface area contributed by atoms with Gasteiger partial charge < -0.3 is 10.6 Å². The van der Waals surface area contributed by atoms with Gasteiger partial charge in [0.2, 0.25) is 11.8 Å². The maximum Gasteiger partial charge on any atom is 0.322 e. The lowest BCUT2D eigenvalue weighted by Crippen LogP contribution is -2.61. The van der Waals surface area contributed by atoms with Crippen LogP contribution in [-0.4, -0.2) is 41.4 Å². The van der Waals surface area contributed by atoms with Gasteiger partial charge in [0.25, 0.3) is 5.91 Å². The minimum absolute atomic E-state index is 0.123.